The Kier molecular flexibility index (Phi) is 11.0. The predicted octanol–water partition coefficient (Wildman–Crippen LogP) is 10.5. The Morgan fingerprint density at radius 2 is 1.67 bits per heavy atom. The van der Waals surface area contributed by atoms with E-state index in [9.17, 15) is 0 Å². The summed E-state index contributed by atoms with van der Waals surface area (Å²) in [6, 6.07) is 26.1. The van der Waals surface area contributed by atoms with Crippen LogP contribution in [0.3, 0.4) is 0 Å². The molecule has 0 amide bonds. The Balaban J connectivity index is 0.000000177. The van der Waals surface area contributed by atoms with E-state index in [-0.39, 0.29) is 20.1 Å². The van der Waals surface area contributed by atoms with E-state index in [4.69, 9.17) is 4.42 Å². The summed E-state index contributed by atoms with van der Waals surface area (Å²) in [5.41, 5.74) is 8.47. The molecule has 3 saturated carbocycles. The summed E-state index contributed by atoms with van der Waals surface area (Å²) in [5.74, 6) is 3.40. The molecule has 1 radical (unpaired) electrons. The SMILES string of the molecule is CC(C)Cc1cc(-c2[c-]cccc2)ncc1[Si](C)(C)C.[Ir].[c-]1ncc2c(oc3ccccc32)c1-c1cc(CC2CC3CCC2CC3)ccn1. The molecule has 255 valence electrons. The Morgan fingerprint density at radius 1 is 0.878 bits per heavy atom. The van der Waals surface area contributed by atoms with Crippen LogP contribution in [0.4, 0.5) is 0 Å². The molecule has 49 heavy (non-hydrogen) atoms. The van der Waals surface area contributed by atoms with Crippen LogP contribution in [-0.4, -0.2) is 23.0 Å². The monoisotopic (exact) mass is 842 g/mol. The maximum atomic E-state index is 6.16. The minimum absolute atomic E-state index is 0. The van der Waals surface area contributed by atoms with Crippen molar-refractivity contribution >= 4 is 35.2 Å². The molecule has 4 aromatic heterocycles. The number of aromatic nitrogens is 3. The zero-order valence-corrected chi connectivity index (χ0v) is 32.8. The van der Waals surface area contributed by atoms with E-state index in [1.165, 1.54) is 54.8 Å². The average molecular weight is 842 g/mol. The summed E-state index contributed by atoms with van der Waals surface area (Å²) in [6.07, 6.45) is 18.5. The second kappa shape index (κ2) is 15.2. The Bertz CT molecular complexity index is 2010. The van der Waals surface area contributed by atoms with E-state index in [1.807, 2.05) is 48.8 Å². The number of rotatable bonds is 7. The van der Waals surface area contributed by atoms with Crippen molar-refractivity contribution in [1.29, 1.82) is 0 Å². The molecule has 9 rings (SSSR count). The van der Waals surface area contributed by atoms with Crippen LogP contribution in [0.15, 0.2) is 89.7 Å². The second-order valence-corrected chi connectivity index (χ2v) is 20.5. The molecule has 0 N–H and O–H groups in total. The summed E-state index contributed by atoms with van der Waals surface area (Å²) >= 11 is 0. The molecule has 2 bridgehead atoms. The van der Waals surface area contributed by atoms with Crippen LogP contribution >= 0.6 is 0 Å². The number of para-hydroxylation sites is 1. The Morgan fingerprint density at radius 3 is 2.39 bits per heavy atom. The van der Waals surface area contributed by atoms with Gasteiger partial charge in [0.2, 0.25) is 0 Å². The van der Waals surface area contributed by atoms with Gasteiger partial charge < -0.3 is 19.4 Å². The number of fused-ring (bicyclic) bond motifs is 6. The van der Waals surface area contributed by atoms with Crippen molar-refractivity contribution < 1.29 is 24.5 Å². The van der Waals surface area contributed by atoms with Gasteiger partial charge in [-0.1, -0.05) is 93.4 Å². The summed E-state index contributed by atoms with van der Waals surface area (Å²) in [6.45, 7) is 11.7. The number of nitrogens with zero attached hydrogens (tertiary/aromatic N) is 3. The van der Waals surface area contributed by atoms with Gasteiger partial charge in [0, 0.05) is 37.9 Å². The van der Waals surface area contributed by atoms with Crippen LogP contribution < -0.4 is 5.19 Å². The van der Waals surface area contributed by atoms with Gasteiger partial charge in [0.1, 0.15) is 5.58 Å². The van der Waals surface area contributed by atoms with Crippen LogP contribution in [0.2, 0.25) is 19.6 Å². The maximum absolute atomic E-state index is 6.16. The van der Waals surface area contributed by atoms with E-state index < -0.39 is 8.07 Å². The number of hydrogen-bond acceptors (Lipinski definition) is 4. The minimum Gasteiger partial charge on any atom is -0.500 e. The molecule has 0 aliphatic heterocycles. The second-order valence-electron chi connectivity index (χ2n) is 15.5. The Labute approximate surface area is 306 Å². The molecule has 1 unspecified atom stereocenters. The van der Waals surface area contributed by atoms with Gasteiger partial charge in [0.25, 0.3) is 0 Å². The van der Waals surface area contributed by atoms with E-state index in [0.717, 1.165) is 68.6 Å². The van der Waals surface area contributed by atoms with Crippen molar-refractivity contribution in [2.75, 3.05) is 0 Å². The third-order valence-electron chi connectivity index (χ3n) is 10.4. The topological polar surface area (TPSA) is 51.8 Å². The fourth-order valence-corrected chi connectivity index (χ4v) is 9.64. The van der Waals surface area contributed by atoms with Crippen molar-refractivity contribution in [3.8, 4) is 22.5 Å². The maximum Gasteiger partial charge on any atom is 0.121 e. The molecule has 2 aromatic carbocycles. The zero-order chi connectivity index (χ0) is 33.3. The van der Waals surface area contributed by atoms with Gasteiger partial charge >= 0.3 is 0 Å². The van der Waals surface area contributed by atoms with Crippen LogP contribution in [0.25, 0.3) is 44.5 Å². The quantitative estimate of drug-likeness (QED) is 0.119. The van der Waals surface area contributed by atoms with Crippen LogP contribution in [0.1, 0.15) is 57.1 Å². The zero-order valence-electron chi connectivity index (χ0n) is 29.4. The van der Waals surface area contributed by atoms with E-state index in [1.54, 1.807) is 0 Å². The van der Waals surface area contributed by atoms with Gasteiger partial charge in [-0.3, -0.25) is 0 Å². The molecular formula is C43H47IrN3OSi-2. The van der Waals surface area contributed by atoms with E-state index in [2.05, 4.69) is 97.2 Å². The first kappa shape index (κ1) is 35.4. The van der Waals surface area contributed by atoms with Crippen LogP contribution in [-0.2, 0) is 32.9 Å². The molecule has 4 heterocycles. The van der Waals surface area contributed by atoms with Gasteiger partial charge in [0.05, 0.1) is 13.7 Å². The third-order valence-corrected chi connectivity index (χ3v) is 12.5. The standard InChI is InChI=1S/C25H23N2O.C18H24NSi.Ir/c1-2-4-24-20(3-1)21-14-26-15-22(25(21)28-24)23-13-17(9-10-27-23)12-19-11-16-5-7-18(19)8-6-16;1-14(2)11-16-12-17(15-9-7-6-8-10-15)19-13-18(16)20(3,4)5;/h1-4,9-10,13-14,16,18-19H,5-8,11-12H2;6-9,12-14H,11H2,1-5H3;/q2*-1;. The van der Waals surface area contributed by atoms with Gasteiger partial charge in [0.15, 0.2) is 0 Å². The summed E-state index contributed by atoms with van der Waals surface area (Å²) in [4.78, 5) is 13.7. The van der Waals surface area contributed by atoms with E-state index in [0.29, 0.717) is 5.92 Å². The smallest absolute Gasteiger partial charge is 0.121 e. The van der Waals surface area contributed by atoms with Gasteiger partial charge in [-0.05, 0) is 102 Å². The number of furan rings is 1. The molecule has 0 saturated heterocycles. The Hall–Kier alpha value is -3.44. The first-order valence-electron chi connectivity index (χ1n) is 17.8. The van der Waals surface area contributed by atoms with E-state index >= 15 is 0 Å². The van der Waals surface area contributed by atoms with Gasteiger partial charge in [-0.25, -0.2) is 0 Å². The van der Waals surface area contributed by atoms with Crippen molar-refractivity contribution in [3.63, 3.8) is 0 Å². The van der Waals surface area contributed by atoms with Crippen LogP contribution in [0, 0.1) is 35.9 Å². The summed E-state index contributed by atoms with van der Waals surface area (Å²) in [5, 5.41) is 3.61. The van der Waals surface area contributed by atoms with Gasteiger partial charge in [-0.2, -0.15) is 0 Å². The largest absolute Gasteiger partial charge is 0.500 e. The number of hydrogen-bond donors (Lipinski definition) is 0. The summed E-state index contributed by atoms with van der Waals surface area (Å²) < 4.78 is 6.16. The normalized spacial score (nSPS) is 18.7. The molecule has 4 nitrogen and oxygen atoms in total. The number of pyridine rings is 3. The first-order chi connectivity index (χ1) is 23.2. The molecule has 6 aromatic rings. The van der Waals surface area contributed by atoms with Crippen LogP contribution in [0.5, 0.6) is 0 Å². The molecule has 3 fully saturated rings. The molecular weight excluding hydrogens is 795 g/mol. The molecule has 1 atom stereocenters. The summed E-state index contributed by atoms with van der Waals surface area (Å²) in [7, 11) is -1.34. The fraction of sp³-hybridized carbons (Fsp3) is 0.372. The fourth-order valence-electron chi connectivity index (χ4n) is 8.05. The van der Waals surface area contributed by atoms with Crippen molar-refractivity contribution in [3.05, 3.63) is 109 Å². The first-order valence-corrected chi connectivity index (χ1v) is 21.3. The van der Waals surface area contributed by atoms with Crippen molar-refractivity contribution in [2.45, 2.75) is 78.4 Å². The van der Waals surface area contributed by atoms with Crippen molar-refractivity contribution in [1.82, 2.24) is 15.0 Å². The van der Waals surface area contributed by atoms with Gasteiger partial charge in [-0.15, -0.1) is 35.9 Å². The molecule has 3 aliphatic rings. The molecule has 0 spiro atoms. The molecule has 6 heteroatoms. The minimum atomic E-state index is -1.34. The van der Waals surface area contributed by atoms with Crippen molar-refractivity contribution in [2.24, 2.45) is 23.7 Å². The number of benzene rings is 2. The predicted molar refractivity (Wildman–Crippen MR) is 201 cm³/mol. The molecule has 3 aliphatic carbocycles. The third kappa shape index (κ3) is 7.98. The average Bonchev–Trinajstić information content (AvgIpc) is 3.48.